The van der Waals surface area contributed by atoms with Gasteiger partial charge in [-0.05, 0) is 72.9 Å². The first-order valence-corrected chi connectivity index (χ1v) is 9.29. The van der Waals surface area contributed by atoms with Gasteiger partial charge in [-0.25, -0.2) is 0 Å². The summed E-state index contributed by atoms with van der Waals surface area (Å²) >= 11 is 7.13. The SMILES string of the molecule is CC(C)Oc1ccccc1C(=O)NC(=S)NNC(=O)c1ccccc1I. The second kappa shape index (κ2) is 9.48. The molecule has 0 saturated carbocycles. The molecule has 0 aromatic heterocycles. The largest absolute Gasteiger partial charge is 0.490 e. The van der Waals surface area contributed by atoms with Crippen LogP contribution in [0.5, 0.6) is 5.75 Å². The molecule has 0 aliphatic rings. The zero-order valence-corrected chi connectivity index (χ0v) is 17.2. The van der Waals surface area contributed by atoms with Gasteiger partial charge in [0.25, 0.3) is 11.8 Å². The third kappa shape index (κ3) is 5.67. The maximum atomic E-state index is 12.4. The lowest BCUT2D eigenvalue weighted by Gasteiger charge is -2.15. The van der Waals surface area contributed by atoms with Crippen LogP contribution in [0, 0.1) is 3.57 Å². The number of nitrogens with one attached hydrogen (secondary N) is 3. The summed E-state index contributed by atoms with van der Waals surface area (Å²) in [6.45, 7) is 3.75. The normalized spacial score (nSPS) is 10.2. The van der Waals surface area contributed by atoms with E-state index in [-0.39, 0.29) is 17.1 Å². The molecule has 2 amide bonds. The molecule has 6 nitrogen and oxygen atoms in total. The van der Waals surface area contributed by atoms with Gasteiger partial charge in [0.1, 0.15) is 5.75 Å². The average Bonchev–Trinajstić information content (AvgIpc) is 2.60. The van der Waals surface area contributed by atoms with Gasteiger partial charge in [-0.3, -0.25) is 25.8 Å². The molecule has 0 heterocycles. The number of thiocarbonyl (C=S) groups is 1. The van der Waals surface area contributed by atoms with Crippen LogP contribution >= 0.6 is 34.8 Å². The van der Waals surface area contributed by atoms with E-state index in [1.807, 2.05) is 26.0 Å². The molecular formula is C18H18IN3O3S. The summed E-state index contributed by atoms with van der Waals surface area (Å²) in [5.41, 5.74) is 5.85. The van der Waals surface area contributed by atoms with E-state index in [1.165, 1.54) is 0 Å². The van der Waals surface area contributed by atoms with Crippen LogP contribution in [0.1, 0.15) is 34.6 Å². The highest BCUT2D eigenvalue weighted by atomic mass is 127. The van der Waals surface area contributed by atoms with Crippen LogP contribution in [0.3, 0.4) is 0 Å². The number of amides is 2. The summed E-state index contributed by atoms with van der Waals surface area (Å²) < 4.78 is 6.43. The molecule has 0 bridgehead atoms. The first-order chi connectivity index (χ1) is 12.4. The summed E-state index contributed by atoms with van der Waals surface area (Å²) in [7, 11) is 0. The number of ether oxygens (including phenoxy) is 1. The molecule has 0 aliphatic heterocycles. The Bertz CT molecular complexity index is 827. The van der Waals surface area contributed by atoms with Crippen molar-refractivity contribution in [2.24, 2.45) is 0 Å². The number of para-hydroxylation sites is 1. The molecule has 0 saturated heterocycles. The lowest BCUT2D eigenvalue weighted by Crippen LogP contribution is -2.48. The quantitative estimate of drug-likeness (QED) is 0.354. The van der Waals surface area contributed by atoms with Gasteiger partial charge in [0.05, 0.1) is 17.2 Å². The molecule has 2 aromatic rings. The third-order valence-corrected chi connectivity index (χ3v) is 4.27. The molecule has 2 rings (SSSR count). The van der Waals surface area contributed by atoms with Crippen LogP contribution < -0.4 is 20.9 Å². The highest BCUT2D eigenvalue weighted by Crippen LogP contribution is 2.19. The van der Waals surface area contributed by atoms with E-state index in [4.69, 9.17) is 17.0 Å². The van der Waals surface area contributed by atoms with Crippen LogP contribution in [-0.2, 0) is 0 Å². The van der Waals surface area contributed by atoms with Gasteiger partial charge in [-0.15, -0.1) is 0 Å². The molecule has 0 radical (unpaired) electrons. The minimum atomic E-state index is -0.428. The van der Waals surface area contributed by atoms with Gasteiger partial charge in [0.2, 0.25) is 0 Å². The Labute approximate surface area is 170 Å². The zero-order chi connectivity index (χ0) is 19.1. The van der Waals surface area contributed by atoms with Crippen LogP contribution in [0.4, 0.5) is 0 Å². The van der Waals surface area contributed by atoms with E-state index in [0.29, 0.717) is 16.9 Å². The second-order valence-corrected chi connectivity index (χ2v) is 7.08. The predicted octanol–water partition coefficient (Wildman–Crippen LogP) is 3.03. The smallest absolute Gasteiger partial charge is 0.270 e. The average molecular weight is 483 g/mol. The van der Waals surface area contributed by atoms with E-state index in [9.17, 15) is 9.59 Å². The molecule has 0 spiro atoms. The topological polar surface area (TPSA) is 79.5 Å². The Balaban J connectivity index is 1.95. The molecule has 0 atom stereocenters. The molecule has 0 unspecified atom stereocenters. The Morgan fingerprint density at radius 1 is 0.962 bits per heavy atom. The Hall–Kier alpha value is -2.20. The summed E-state index contributed by atoms with van der Waals surface area (Å²) in [6.07, 6.45) is -0.0679. The molecule has 26 heavy (non-hydrogen) atoms. The third-order valence-electron chi connectivity index (χ3n) is 3.13. The van der Waals surface area contributed by atoms with Crippen molar-refractivity contribution in [2.45, 2.75) is 20.0 Å². The molecular weight excluding hydrogens is 465 g/mol. The summed E-state index contributed by atoms with van der Waals surface area (Å²) in [5.74, 6) is -0.317. The van der Waals surface area contributed by atoms with Crippen molar-refractivity contribution in [3.8, 4) is 5.75 Å². The summed E-state index contributed by atoms with van der Waals surface area (Å²) in [6, 6.07) is 14.0. The molecule has 0 fully saturated rings. The van der Waals surface area contributed by atoms with Gasteiger partial charge in [0, 0.05) is 3.57 Å². The van der Waals surface area contributed by atoms with Crippen molar-refractivity contribution in [3.63, 3.8) is 0 Å². The number of hydrogen-bond acceptors (Lipinski definition) is 4. The summed E-state index contributed by atoms with van der Waals surface area (Å²) in [5, 5.41) is 2.50. The molecule has 0 aliphatic carbocycles. The van der Waals surface area contributed by atoms with Crippen LogP contribution in [0.15, 0.2) is 48.5 Å². The number of carbonyl (C=O) groups is 2. The van der Waals surface area contributed by atoms with E-state index >= 15 is 0 Å². The fourth-order valence-electron chi connectivity index (χ4n) is 2.04. The minimum absolute atomic E-state index is 0.0198. The minimum Gasteiger partial charge on any atom is -0.490 e. The van der Waals surface area contributed by atoms with E-state index in [0.717, 1.165) is 3.57 Å². The first-order valence-electron chi connectivity index (χ1n) is 7.80. The molecule has 2 aromatic carbocycles. The number of halogens is 1. The number of carbonyl (C=O) groups excluding carboxylic acids is 2. The maximum Gasteiger partial charge on any atom is 0.270 e. The van der Waals surface area contributed by atoms with Crippen LogP contribution in [-0.4, -0.2) is 23.0 Å². The van der Waals surface area contributed by atoms with E-state index < -0.39 is 5.91 Å². The Morgan fingerprint density at radius 2 is 1.58 bits per heavy atom. The summed E-state index contributed by atoms with van der Waals surface area (Å²) in [4.78, 5) is 24.5. The number of benzene rings is 2. The Morgan fingerprint density at radius 3 is 2.23 bits per heavy atom. The lowest BCUT2D eigenvalue weighted by atomic mass is 10.2. The first kappa shape index (κ1) is 20.1. The van der Waals surface area contributed by atoms with Crippen molar-refractivity contribution in [3.05, 3.63) is 63.2 Å². The molecule has 3 N–H and O–H groups in total. The van der Waals surface area contributed by atoms with Crippen LogP contribution in [0.2, 0.25) is 0 Å². The fraction of sp³-hybridized carbons (Fsp3) is 0.167. The predicted molar refractivity (Wildman–Crippen MR) is 112 cm³/mol. The second-order valence-electron chi connectivity index (χ2n) is 5.50. The Kier molecular flexibility index (Phi) is 7.34. The fourth-order valence-corrected chi connectivity index (χ4v) is 2.81. The van der Waals surface area contributed by atoms with Gasteiger partial charge in [-0.2, -0.15) is 0 Å². The van der Waals surface area contributed by atoms with Crippen molar-refractivity contribution in [1.82, 2.24) is 16.2 Å². The van der Waals surface area contributed by atoms with Crippen molar-refractivity contribution in [1.29, 1.82) is 0 Å². The van der Waals surface area contributed by atoms with Crippen molar-refractivity contribution in [2.75, 3.05) is 0 Å². The maximum absolute atomic E-state index is 12.4. The van der Waals surface area contributed by atoms with Gasteiger partial charge < -0.3 is 4.74 Å². The molecule has 8 heteroatoms. The van der Waals surface area contributed by atoms with Crippen LogP contribution in [0.25, 0.3) is 0 Å². The number of hydrogen-bond donors (Lipinski definition) is 3. The zero-order valence-electron chi connectivity index (χ0n) is 14.2. The lowest BCUT2D eigenvalue weighted by molar-refractivity contribution is 0.0932. The van der Waals surface area contributed by atoms with Crippen molar-refractivity contribution < 1.29 is 14.3 Å². The number of hydrazine groups is 1. The van der Waals surface area contributed by atoms with E-state index in [2.05, 4.69) is 38.8 Å². The highest BCUT2D eigenvalue weighted by molar-refractivity contribution is 14.1. The molecule has 136 valence electrons. The number of rotatable bonds is 4. The van der Waals surface area contributed by atoms with Crippen molar-refractivity contribution >= 4 is 51.7 Å². The van der Waals surface area contributed by atoms with Gasteiger partial charge in [0.15, 0.2) is 5.11 Å². The monoisotopic (exact) mass is 483 g/mol. The standard InChI is InChI=1S/C18H18IN3O3S/c1-11(2)25-15-10-6-4-8-13(15)16(23)20-18(26)22-21-17(24)12-7-3-5-9-14(12)19/h3-11H,1-2H3,(H,21,24)(H2,20,22,23,26). The van der Waals surface area contributed by atoms with E-state index in [1.54, 1.807) is 36.4 Å². The highest BCUT2D eigenvalue weighted by Gasteiger charge is 2.15. The van der Waals surface area contributed by atoms with Gasteiger partial charge >= 0.3 is 0 Å². The van der Waals surface area contributed by atoms with Gasteiger partial charge in [-0.1, -0.05) is 24.3 Å².